The molecule has 2 aliphatic rings. The Hall–Kier alpha value is -0.240. The Morgan fingerprint density at radius 1 is 1.19 bits per heavy atom. The Kier molecular flexibility index (Phi) is 4.29. The largest absolute Gasteiger partial charge is 0.316 e. The highest BCUT2D eigenvalue weighted by molar-refractivity contribution is 6.35. The van der Waals surface area contributed by atoms with Crippen molar-refractivity contribution in [3.63, 3.8) is 0 Å². The van der Waals surface area contributed by atoms with Gasteiger partial charge in [0.05, 0.1) is 0 Å². The van der Waals surface area contributed by atoms with Crippen LogP contribution in [0.25, 0.3) is 0 Å². The van der Waals surface area contributed by atoms with Gasteiger partial charge in [0.1, 0.15) is 0 Å². The molecule has 0 radical (unpaired) electrons. The van der Waals surface area contributed by atoms with Crippen LogP contribution in [0, 0.1) is 11.3 Å². The van der Waals surface area contributed by atoms with Gasteiger partial charge in [-0.3, -0.25) is 0 Å². The van der Waals surface area contributed by atoms with Crippen molar-refractivity contribution < 1.29 is 0 Å². The predicted octanol–water partition coefficient (Wildman–Crippen LogP) is 5.44. The third-order valence-corrected chi connectivity index (χ3v) is 5.91. The number of hydrogen-bond donors (Lipinski definition) is 1. The second kappa shape index (κ2) is 5.76. The highest BCUT2D eigenvalue weighted by Crippen LogP contribution is 2.65. The van der Waals surface area contributed by atoms with Gasteiger partial charge in [-0.15, -0.1) is 0 Å². The van der Waals surface area contributed by atoms with Crippen molar-refractivity contribution in [3.8, 4) is 0 Å². The minimum atomic E-state index is 0.219. The summed E-state index contributed by atoms with van der Waals surface area (Å²) in [5.41, 5.74) is 2.14. The lowest BCUT2D eigenvalue weighted by Crippen LogP contribution is -2.57. The van der Waals surface area contributed by atoms with Crippen LogP contribution in [0.1, 0.15) is 51.5 Å². The molecule has 2 saturated carbocycles. The van der Waals surface area contributed by atoms with E-state index in [1.54, 1.807) is 0 Å². The molecule has 1 aromatic carbocycles. The highest BCUT2D eigenvalue weighted by atomic mass is 35.5. The van der Waals surface area contributed by atoms with E-state index in [0.717, 1.165) is 23.1 Å². The van der Waals surface area contributed by atoms with Crippen LogP contribution in [0.15, 0.2) is 18.2 Å². The predicted molar refractivity (Wildman–Crippen MR) is 91.4 cm³/mol. The zero-order chi connectivity index (χ0) is 15.1. The average molecular weight is 326 g/mol. The van der Waals surface area contributed by atoms with Gasteiger partial charge in [-0.1, -0.05) is 49.5 Å². The van der Waals surface area contributed by atoms with E-state index in [-0.39, 0.29) is 5.41 Å². The van der Waals surface area contributed by atoms with Gasteiger partial charge in [0.25, 0.3) is 0 Å². The normalized spacial score (nSPS) is 22.1. The highest BCUT2D eigenvalue weighted by Gasteiger charge is 2.57. The van der Waals surface area contributed by atoms with Crippen molar-refractivity contribution in [1.29, 1.82) is 0 Å². The van der Waals surface area contributed by atoms with Gasteiger partial charge in [0.2, 0.25) is 0 Å². The molecule has 3 heteroatoms. The minimum Gasteiger partial charge on any atom is -0.316 e. The monoisotopic (exact) mass is 325 g/mol. The second-order valence-corrected chi connectivity index (χ2v) is 8.48. The molecule has 1 spiro atoms. The first-order chi connectivity index (χ1) is 9.95. The fourth-order valence-electron chi connectivity index (χ4n) is 4.34. The molecule has 0 amide bonds. The Bertz CT molecular complexity index is 512. The van der Waals surface area contributed by atoms with E-state index in [2.05, 4.69) is 25.2 Å². The maximum Gasteiger partial charge on any atom is 0.0458 e. The van der Waals surface area contributed by atoms with E-state index >= 15 is 0 Å². The summed E-state index contributed by atoms with van der Waals surface area (Å²) < 4.78 is 0. The lowest BCUT2D eigenvalue weighted by atomic mass is 9.43. The van der Waals surface area contributed by atoms with Gasteiger partial charge < -0.3 is 5.32 Å². The summed E-state index contributed by atoms with van der Waals surface area (Å²) in [6.07, 6.45) is 6.79. The van der Waals surface area contributed by atoms with E-state index in [0.29, 0.717) is 11.3 Å². The molecule has 0 heterocycles. The lowest BCUT2D eigenvalue weighted by Gasteiger charge is -2.62. The minimum absolute atomic E-state index is 0.219. The van der Waals surface area contributed by atoms with E-state index in [1.807, 2.05) is 12.1 Å². The van der Waals surface area contributed by atoms with Gasteiger partial charge in [0, 0.05) is 22.0 Å². The maximum atomic E-state index is 6.51. The fourth-order valence-corrected chi connectivity index (χ4v) is 4.95. The van der Waals surface area contributed by atoms with Gasteiger partial charge in [0.15, 0.2) is 0 Å². The Morgan fingerprint density at radius 2 is 1.90 bits per heavy atom. The van der Waals surface area contributed by atoms with Crippen LogP contribution in [0.4, 0.5) is 0 Å². The molecule has 21 heavy (non-hydrogen) atoms. The molecule has 0 aromatic heterocycles. The van der Waals surface area contributed by atoms with Gasteiger partial charge in [-0.2, -0.15) is 0 Å². The number of rotatable bonds is 5. The summed E-state index contributed by atoms with van der Waals surface area (Å²) in [7, 11) is 0. The molecule has 0 bridgehead atoms. The molecule has 116 valence electrons. The maximum absolute atomic E-state index is 6.51. The molecule has 2 fully saturated rings. The van der Waals surface area contributed by atoms with Crippen molar-refractivity contribution >= 4 is 23.2 Å². The van der Waals surface area contributed by atoms with Crippen LogP contribution in [-0.4, -0.2) is 13.1 Å². The van der Waals surface area contributed by atoms with E-state index in [9.17, 15) is 0 Å². The first-order valence-electron chi connectivity index (χ1n) is 8.11. The van der Waals surface area contributed by atoms with Gasteiger partial charge >= 0.3 is 0 Å². The van der Waals surface area contributed by atoms with E-state index in [4.69, 9.17) is 23.2 Å². The number of hydrogen-bond acceptors (Lipinski definition) is 1. The summed E-state index contributed by atoms with van der Waals surface area (Å²) >= 11 is 12.6. The fraction of sp³-hybridized carbons (Fsp3) is 0.667. The summed E-state index contributed by atoms with van der Waals surface area (Å²) in [5, 5.41) is 5.23. The van der Waals surface area contributed by atoms with Crippen LogP contribution in [0.3, 0.4) is 0 Å². The first kappa shape index (κ1) is 15.6. The quantitative estimate of drug-likeness (QED) is 0.759. The Morgan fingerprint density at radius 3 is 2.43 bits per heavy atom. The molecule has 0 atom stereocenters. The van der Waals surface area contributed by atoms with Crippen molar-refractivity contribution in [3.05, 3.63) is 33.8 Å². The third kappa shape index (κ3) is 2.98. The smallest absolute Gasteiger partial charge is 0.0458 e. The van der Waals surface area contributed by atoms with Crippen molar-refractivity contribution in [2.24, 2.45) is 11.3 Å². The third-order valence-electron chi connectivity index (χ3n) is 5.36. The topological polar surface area (TPSA) is 12.0 Å². The molecule has 1 N–H and O–H groups in total. The molecule has 1 aromatic rings. The summed E-state index contributed by atoms with van der Waals surface area (Å²) in [6, 6.07) is 6.03. The standard InChI is InChI=1S/C18H25Cl2N/c1-13(2)9-21-12-18(10-17(11-18)6-3-7-17)15-5-4-14(19)8-16(15)20/h4-5,8,13,21H,3,6-7,9-12H2,1-2H3. The zero-order valence-corrected chi connectivity index (χ0v) is 14.5. The second-order valence-electron chi connectivity index (χ2n) is 7.64. The molecule has 3 rings (SSSR count). The van der Waals surface area contributed by atoms with Crippen molar-refractivity contribution in [2.45, 2.75) is 51.4 Å². The van der Waals surface area contributed by atoms with E-state index in [1.165, 1.54) is 37.7 Å². The summed E-state index contributed by atoms with van der Waals surface area (Å²) in [6.45, 7) is 6.61. The molecular formula is C18H25Cl2N. The molecule has 1 nitrogen and oxygen atoms in total. The number of nitrogens with one attached hydrogen (secondary N) is 1. The van der Waals surface area contributed by atoms with Crippen LogP contribution in [-0.2, 0) is 5.41 Å². The zero-order valence-electron chi connectivity index (χ0n) is 13.0. The van der Waals surface area contributed by atoms with Crippen LogP contribution >= 0.6 is 23.2 Å². The number of benzene rings is 1. The van der Waals surface area contributed by atoms with Crippen LogP contribution in [0.2, 0.25) is 10.0 Å². The van der Waals surface area contributed by atoms with E-state index < -0.39 is 0 Å². The molecular weight excluding hydrogens is 301 g/mol. The van der Waals surface area contributed by atoms with Crippen LogP contribution in [0.5, 0.6) is 0 Å². The molecule has 0 saturated heterocycles. The summed E-state index contributed by atoms with van der Waals surface area (Å²) in [5.74, 6) is 0.681. The lowest BCUT2D eigenvalue weighted by molar-refractivity contribution is -0.0483. The average Bonchev–Trinajstić information content (AvgIpc) is 2.30. The summed E-state index contributed by atoms with van der Waals surface area (Å²) in [4.78, 5) is 0. The molecule has 0 aliphatic heterocycles. The van der Waals surface area contributed by atoms with Crippen molar-refractivity contribution in [2.75, 3.05) is 13.1 Å². The van der Waals surface area contributed by atoms with Crippen LogP contribution < -0.4 is 5.32 Å². The van der Waals surface area contributed by atoms with Gasteiger partial charge in [-0.25, -0.2) is 0 Å². The van der Waals surface area contributed by atoms with Gasteiger partial charge in [-0.05, 0) is 61.3 Å². The Balaban J connectivity index is 1.79. The van der Waals surface area contributed by atoms with Crippen molar-refractivity contribution in [1.82, 2.24) is 5.32 Å². The number of halogens is 2. The molecule has 2 aliphatic carbocycles. The SMILES string of the molecule is CC(C)CNCC1(c2ccc(Cl)cc2Cl)CC2(CCC2)C1. The molecule has 0 unspecified atom stereocenters. The first-order valence-corrected chi connectivity index (χ1v) is 8.87. The Labute approximate surface area is 138 Å².